The predicted molar refractivity (Wildman–Crippen MR) is 116 cm³/mol. The van der Waals surface area contributed by atoms with Crippen molar-refractivity contribution < 1.29 is 0 Å². The number of benzene rings is 1. The number of hydrogen-bond donors (Lipinski definition) is 2. The van der Waals surface area contributed by atoms with E-state index in [0.29, 0.717) is 21.6 Å². The maximum Gasteiger partial charge on any atom is 0.222 e. The number of nitrogens with two attached hydrogens (primary N) is 2. The molecule has 4 N–H and O–H groups in total. The highest BCUT2D eigenvalue weighted by atomic mass is 35.5. The van der Waals surface area contributed by atoms with Gasteiger partial charge in [-0.05, 0) is 43.9 Å². The molecule has 8 heteroatoms. The third-order valence-electron chi connectivity index (χ3n) is 5.38. The molecule has 6 nitrogen and oxygen atoms in total. The second kappa shape index (κ2) is 7.70. The van der Waals surface area contributed by atoms with Crippen LogP contribution in [0.5, 0.6) is 0 Å². The van der Waals surface area contributed by atoms with Crippen molar-refractivity contribution in [2.75, 3.05) is 23.7 Å². The monoisotopic (exact) mass is 416 g/mol. The van der Waals surface area contributed by atoms with E-state index < -0.39 is 0 Å². The maximum absolute atomic E-state index is 6.52. The van der Waals surface area contributed by atoms with Crippen LogP contribution in [0.15, 0.2) is 30.5 Å². The second-order valence-corrected chi connectivity index (χ2v) is 8.10. The quantitative estimate of drug-likeness (QED) is 0.665. The number of fused-ring (bicyclic) bond motifs is 1. The number of nitrogen functional groups attached to an aromatic ring is 1. The summed E-state index contributed by atoms with van der Waals surface area (Å²) >= 11 is 13.0. The molecule has 0 radical (unpaired) electrons. The molecule has 0 aliphatic carbocycles. The Kier molecular flexibility index (Phi) is 5.27. The first-order chi connectivity index (χ1) is 13.4. The third kappa shape index (κ3) is 3.60. The lowest BCUT2D eigenvalue weighted by molar-refractivity contribution is 0.354. The van der Waals surface area contributed by atoms with Crippen LogP contribution >= 0.6 is 23.2 Å². The maximum atomic E-state index is 6.52. The molecule has 1 aliphatic rings. The molecule has 2 aromatic heterocycles. The van der Waals surface area contributed by atoms with Crippen LogP contribution in [-0.2, 0) is 0 Å². The molecular formula is C20H22Cl2N6. The number of hydrogen-bond acceptors (Lipinski definition) is 6. The van der Waals surface area contributed by atoms with Gasteiger partial charge in [0.2, 0.25) is 5.95 Å². The first-order valence-corrected chi connectivity index (χ1v) is 10.1. The van der Waals surface area contributed by atoms with Crippen LogP contribution in [0.25, 0.3) is 22.2 Å². The van der Waals surface area contributed by atoms with Crippen LogP contribution in [0, 0.1) is 5.92 Å². The fraction of sp³-hybridized carbons (Fsp3) is 0.350. The minimum absolute atomic E-state index is 0.191. The molecule has 0 bridgehead atoms. The van der Waals surface area contributed by atoms with E-state index in [0.717, 1.165) is 48.3 Å². The van der Waals surface area contributed by atoms with Gasteiger partial charge in [0, 0.05) is 41.8 Å². The van der Waals surface area contributed by atoms with Crippen molar-refractivity contribution >= 4 is 46.0 Å². The highest BCUT2D eigenvalue weighted by Gasteiger charge is 2.26. The summed E-state index contributed by atoms with van der Waals surface area (Å²) in [5.41, 5.74) is 14.1. The van der Waals surface area contributed by atoms with E-state index in [2.05, 4.69) is 21.8 Å². The molecule has 1 unspecified atom stereocenters. The number of anilines is 2. The highest BCUT2D eigenvalue weighted by Crippen LogP contribution is 2.41. The van der Waals surface area contributed by atoms with Crippen LogP contribution in [0.3, 0.4) is 0 Å². The molecule has 0 saturated carbocycles. The SMILES string of the molecule is CC(N)C1CCN(c2nc3nc(N)ncc3cc2-c2c(Cl)cccc2Cl)CC1. The zero-order valence-electron chi connectivity index (χ0n) is 15.6. The number of pyridine rings is 1. The van der Waals surface area contributed by atoms with Gasteiger partial charge in [-0.15, -0.1) is 0 Å². The Hall–Kier alpha value is -2.15. The predicted octanol–water partition coefficient (Wildman–Crippen LogP) is 4.14. The summed E-state index contributed by atoms with van der Waals surface area (Å²) in [6.07, 6.45) is 3.70. The molecule has 0 spiro atoms. The van der Waals surface area contributed by atoms with Crippen molar-refractivity contribution in [2.24, 2.45) is 11.7 Å². The first-order valence-electron chi connectivity index (χ1n) is 9.32. The van der Waals surface area contributed by atoms with E-state index in [1.807, 2.05) is 24.3 Å². The highest BCUT2D eigenvalue weighted by molar-refractivity contribution is 6.39. The largest absolute Gasteiger partial charge is 0.368 e. The van der Waals surface area contributed by atoms with Crippen LogP contribution in [0.4, 0.5) is 11.8 Å². The Morgan fingerprint density at radius 2 is 1.82 bits per heavy atom. The second-order valence-electron chi connectivity index (χ2n) is 7.28. The van der Waals surface area contributed by atoms with Gasteiger partial charge in [-0.2, -0.15) is 4.98 Å². The summed E-state index contributed by atoms with van der Waals surface area (Å²) in [5.74, 6) is 1.52. The topological polar surface area (TPSA) is 94.0 Å². The van der Waals surface area contributed by atoms with E-state index in [-0.39, 0.29) is 12.0 Å². The summed E-state index contributed by atoms with van der Waals surface area (Å²) in [6, 6.07) is 7.68. The average molecular weight is 417 g/mol. The fourth-order valence-electron chi connectivity index (χ4n) is 3.78. The van der Waals surface area contributed by atoms with Crippen LogP contribution in [0.1, 0.15) is 19.8 Å². The molecule has 28 heavy (non-hydrogen) atoms. The van der Waals surface area contributed by atoms with Gasteiger partial charge in [0.15, 0.2) is 5.65 Å². The van der Waals surface area contributed by atoms with Crippen molar-refractivity contribution in [3.63, 3.8) is 0 Å². The number of nitrogens with zero attached hydrogens (tertiary/aromatic N) is 4. The van der Waals surface area contributed by atoms with E-state index in [1.165, 1.54) is 0 Å². The summed E-state index contributed by atoms with van der Waals surface area (Å²) in [6.45, 7) is 3.80. The lowest BCUT2D eigenvalue weighted by atomic mass is 9.90. The van der Waals surface area contributed by atoms with Crippen molar-refractivity contribution in [2.45, 2.75) is 25.8 Å². The minimum Gasteiger partial charge on any atom is -0.368 e. The molecule has 1 fully saturated rings. The van der Waals surface area contributed by atoms with Gasteiger partial charge in [-0.3, -0.25) is 0 Å². The lowest BCUT2D eigenvalue weighted by Gasteiger charge is -2.35. The first kappa shape index (κ1) is 19.2. The van der Waals surface area contributed by atoms with Crippen molar-refractivity contribution in [3.8, 4) is 11.1 Å². The normalized spacial score (nSPS) is 16.5. The average Bonchev–Trinajstić information content (AvgIpc) is 2.67. The Balaban J connectivity index is 1.86. The summed E-state index contributed by atoms with van der Waals surface area (Å²) in [5, 5.41) is 1.95. The number of halogens is 2. The molecular weight excluding hydrogens is 395 g/mol. The van der Waals surface area contributed by atoms with Gasteiger partial charge in [0.1, 0.15) is 5.82 Å². The summed E-state index contributed by atoms with van der Waals surface area (Å²) < 4.78 is 0. The van der Waals surface area contributed by atoms with E-state index in [1.54, 1.807) is 6.20 Å². The van der Waals surface area contributed by atoms with Gasteiger partial charge >= 0.3 is 0 Å². The Morgan fingerprint density at radius 3 is 2.46 bits per heavy atom. The van der Waals surface area contributed by atoms with Crippen LogP contribution in [-0.4, -0.2) is 34.1 Å². The number of rotatable bonds is 3. The van der Waals surface area contributed by atoms with Crippen molar-refractivity contribution in [3.05, 3.63) is 40.5 Å². The molecule has 1 saturated heterocycles. The van der Waals surface area contributed by atoms with Gasteiger partial charge in [0.25, 0.3) is 0 Å². The standard InChI is InChI=1S/C20H22Cl2N6/c1-11(23)12-5-7-28(8-6-12)19-14(17-15(21)3-2-4-16(17)22)9-13-10-25-20(24)27-18(13)26-19/h2-4,9-12H,5-8,23H2,1H3,(H2,24,25,26,27). The van der Waals surface area contributed by atoms with Gasteiger partial charge < -0.3 is 16.4 Å². The fourth-order valence-corrected chi connectivity index (χ4v) is 4.39. The molecule has 4 rings (SSSR count). The zero-order chi connectivity index (χ0) is 19.8. The van der Waals surface area contributed by atoms with Crippen LogP contribution in [0.2, 0.25) is 10.0 Å². The summed E-state index contributed by atoms with van der Waals surface area (Å²) in [4.78, 5) is 15.5. The number of aromatic nitrogens is 3. The molecule has 1 aliphatic heterocycles. The molecule has 3 heterocycles. The molecule has 1 aromatic carbocycles. The molecule has 3 aromatic rings. The third-order valence-corrected chi connectivity index (χ3v) is 6.01. The van der Waals surface area contributed by atoms with E-state index in [4.69, 9.17) is 39.7 Å². The smallest absolute Gasteiger partial charge is 0.222 e. The summed E-state index contributed by atoms with van der Waals surface area (Å²) in [7, 11) is 0. The molecule has 146 valence electrons. The van der Waals surface area contributed by atoms with Crippen molar-refractivity contribution in [1.82, 2.24) is 15.0 Å². The minimum atomic E-state index is 0.191. The van der Waals surface area contributed by atoms with Gasteiger partial charge in [0.05, 0.1) is 10.0 Å². The molecule has 0 amide bonds. The lowest BCUT2D eigenvalue weighted by Crippen LogP contribution is -2.40. The molecule has 1 atom stereocenters. The number of piperidine rings is 1. The van der Waals surface area contributed by atoms with Crippen molar-refractivity contribution in [1.29, 1.82) is 0 Å². The Bertz CT molecular complexity index is 995. The van der Waals surface area contributed by atoms with E-state index >= 15 is 0 Å². The van der Waals surface area contributed by atoms with Gasteiger partial charge in [-0.25, -0.2) is 9.97 Å². The Morgan fingerprint density at radius 1 is 1.14 bits per heavy atom. The zero-order valence-corrected chi connectivity index (χ0v) is 17.1. The van der Waals surface area contributed by atoms with Crippen LogP contribution < -0.4 is 16.4 Å². The van der Waals surface area contributed by atoms with E-state index in [9.17, 15) is 0 Å². The Labute approximate surface area is 173 Å². The van der Waals surface area contributed by atoms with Gasteiger partial charge in [-0.1, -0.05) is 29.3 Å².